The molecule has 0 spiro atoms. The molecule has 2 amide bonds. The Morgan fingerprint density at radius 1 is 1.29 bits per heavy atom. The molecule has 0 radical (unpaired) electrons. The zero-order valence-electron chi connectivity index (χ0n) is 16.0. The number of aromatic nitrogens is 3. The maximum Gasteiger partial charge on any atom is 0.274 e. The molecule has 0 bridgehead atoms. The van der Waals surface area contributed by atoms with Crippen molar-refractivity contribution in [1.82, 2.24) is 25.0 Å². The van der Waals surface area contributed by atoms with Gasteiger partial charge < -0.3 is 14.5 Å². The van der Waals surface area contributed by atoms with Crippen LogP contribution in [0.15, 0.2) is 11.4 Å². The highest BCUT2D eigenvalue weighted by molar-refractivity contribution is 7.09. The highest BCUT2D eigenvalue weighted by atomic mass is 32.1. The summed E-state index contributed by atoms with van der Waals surface area (Å²) in [5.74, 6) is -0.0110. The highest BCUT2D eigenvalue weighted by Gasteiger charge is 2.31. The molecule has 2 aromatic rings. The van der Waals surface area contributed by atoms with Gasteiger partial charge in [0.15, 0.2) is 0 Å². The maximum atomic E-state index is 12.9. The Morgan fingerprint density at radius 3 is 2.86 bits per heavy atom. The van der Waals surface area contributed by atoms with Crippen LogP contribution in [0.25, 0.3) is 0 Å². The average Bonchev–Trinajstić information content (AvgIpc) is 3.37. The number of thiazole rings is 1. The number of aryl methyl sites for hydroxylation is 1. The molecule has 0 saturated carbocycles. The van der Waals surface area contributed by atoms with Crippen molar-refractivity contribution in [3.63, 3.8) is 0 Å². The van der Waals surface area contributed by atoms with Gasteiger partial charge in [0.25, 0.3) is 5.91 Å². The van der Waals surface area contributed by atoms with Gasteiger partial charge in [-0.2, -0.15) is 5.10 Å². The van der Waals surface area contributed by atoms with E-state index in [2.05, 4.69) is 15.2 Å². The van der Waals surface area contributed by atoms with Crippen LogP contribution in [0, 0.1) is 6.92 Å². The van der Waals surface area contributed by atoms with E-state index in [4.69, 9.17) is 4.74 Å². The number of nitrogens with one attached hydrogen (secondary N) is 1. The van der Waals surface area contributed by atoms with E-state index in [1.54, 1.807) is 22.3 Å². The third kappa shape index (κ3) is 4.10. The topological polar surface area (TPSA) is 91.4 Å². The van der Waals surface area contributed by atoms with Crippen molar-refractivity contribution in [3.05, 3.63) is 33.5 Å². The van der Waals surface area contributed by atoms with Gasteiger partial charge in [0, 0.05) is 25.0 Å². The summed E-state index contributed by atoms with van der Waals surface area (Å²) < 4.78 is 5.31. The van der Waals surface area contributed by atoms with Crippen molar-refractivity contribution in [2.24, 2.45) is 0 Å². The van der Waals surface area contributed by atoms with Crippen LogP contribution < -0.4 is 0 Å². The summed E-state index contributed by atoms with van der Waals surface area (Å²) in [6.07, 6.45) is 3.23. The second-order valence-corrected chi connectivity index (χ2v) is 8.31. The van der Waals surface area contributed by atoms with Gasteiger partial charge in [-0.1, -0.05) is 0 Å². The molecule has 0 aliphatic carbocycles. The first-order valence-electron chi connectivity index (χ1n) is 9.74. The van der Waals surface area contributed by atoms with Gasteiger partial charge in [-0.05, 0) is 32.3 Å². The molecule has 2 saturated heterocycles. The number of hydrogen-bond acceptors (Lipinski definition) is 6. The molecule has 2 aliphatic rings. The molecular formula is C19H25N5O3S. The fraction of sp³-hybridized carbons (Fsp3) is 0.579. The molecule has 2 aromatic heterocycles. The minimum Gasteiger partial charge on any atom is -0.378 e. The third-order valence-corrected chi connectivity index (χ3v) is 6.12. The summed E-state index contributed by atoms with van der Waals surface area (Å²) in [5, 5.41) is 10.2. The number of carbonyl (C=O) groups excluding carboxylic acids is 2. The number of nitrogens with zero attached hydrogens (tertiary/aromatic N) is 4. The highest BCUT2D eigenvalue weighted by Crippen LogP contribution is 2.31. The molecule has 4 heterocycles. The number of aromatic amines is 1. The molecule has 1 N–H and O–H groups in total. The third-order valence-electron chi connectivity index (χ3n) is 5.30. The lowest BCUT2D eigenvalue weighted by molar-refractivity contribution is -0.134. The first kappa shape index (κ1) is 19.1. The van der Waals surface area contributed by atoms with E-state index >= 15 is 0 Å². The number of likely N-dealkylation sites (tertiary alicyclic amines) is 1. The number of amides is 2. The van der Waals surface area contributed by atoms with E-state index in [9.17, 15) is 9.59 Å². The van der Waals surface area contributed by atoms with Gasteiger partial charge in [0.05, 0.1) is 42.1 Å². The smallest absolute Gasteiger partial charge is 0.274 e. The van der Waals surface area contributed by atoms with Gasteiger partial charge >= 0.3 is 0 Å². The van der Waals surface area contributed by atoms with Gasteiger partial charge in [-0.15, -0.1) is 11.3 Å². The van der Waals surface area contributed by atoms with Crippen molar-refractivity contribution in [2.45, 2.75) is 38.6 Å². The minimum absolute atomic E-state index is 0.0697. The van der Waals surface area contributed by atoms with Crippen molar-refractivity contribution in [1.29, 1.82) is 0 Å². The summed E-state index contributed by atoms with van der Waals surface area (Å²) in [5.41, 5.74) is 2.06. The summed E-state index contributed by atoms with van der Waals surface area (Å²) in [7, 11) is 0. The number of ether oxygens (including phenoxy) is 1. The van der Waals surface area contributed by atoms with Crippen LogP contribution in [0.1, 0.15) is 52.2 Å². The van der Waals surface area contributed by atoms with Crippen LogP contribution in [0.3, 0.4) is 0 Å². The Morgan fingerprint density at radius 2 is 2.11 bits per heavy atom. The molecular weight excluding hydrogens is 378 g/mol. The second kappa shape index (κ2) is 8.40. The summed E-state index contributed by atoms with van der Waals surface area (Å²) in [6.45, 7) is 4.95. The number of rotatable bonds is 4. The molecule has 1 atom stereocenters. The largest absolute Gasteiger partial charge is 0.378 e. The van der Waals surface area contributed by atoms with E-state index < -0.39 is 0 Å². The predicted molar refractivity (Wildman–Crippen MR) is 104 cm³/mol. The molecule has 8 nitrogen and oxygen atoms in total. The van der Waals surface area contributed by atoms with E-state index in [1.807, 2.05) is 17.2 Å². The van der Waals surface area contributed by atoms with Crippen LogP contribution in [0.5, 0.6) is 0 Å². The Balaban J connectivity index is 1.47. The first-order chi connectivity index (χ1) is 13.6. The van der Waals surface area contributed by atoms with Crippen molar-refractivity contribution in [3.8, 4) is 0 Å². The predicted octanol–water partition coefficient (Wildman–Crippen LogP) is 1.94. The number of carbonyl (C=O) groups is 2. The molecule has 0 unspecified atom stereocenters. The Kier molecular flexibility index (Phi) is 5.72. The van der Waals surface area contributed by atoms with Crippen LogP contribution >= 0.6 is 11.3 Å². The number of piperidine rings is 1. The Hall–Kier alpha value is -2.26. The summed E-state index contributed by atoms with van der Waals surface area (Å²) in [6, 6.07) is 1.74. The lowest BCUT2D eigenvalue weighted by Gasteiger charge is -2.35. The maximum absolute atomic E-state index is 12.9. The van der Waals surface area contributed by atoms with Gasteiger partial charge in [0.2, 0.25) is 5.91 Å². The normalized spacial score (nSPS) is 20.4. The minimum atomic E-state index is -0.0857. The lowest BCUT2D eigenvalue weighted by atomic mass is 9.98. The van der Waals surface area contributed by atoms with Crippen LogP contribution in [-0.4, -0.2) is 69.6 Å². The van der Waals surface area contributed by atoms with Gasteiger partial charge in [0.1, 0.15) is 5.69 Å². The molecule has 2 aliphatic heterocycles. The summed E-state index contributed by atoms with van der Waals surface area (Å²) >= 11 is 1.56. The van der Waals surface area contributed by atoms with Crippen molar-refractivity contribution < 1.29 is 14.3 Å². The van der Waals surface area contributed by atoms with Crippen LogP contribution in [-0.2, 0) is 16.0 Å². The molecule has 0 aromatic carbocycles. The second-order valence-electron chi connectivity index (χ2n) is 7.25. The Labute approximate surface area is 167 Å². The zero-order chi connectivity index (χ0) is 19.5. The van der Waals surface area contributed by atoms with Crippen molar-refractivity contribution in [2.75, 3.05) is 32.8 Å². The van der Waals surface area contributed by atoms with Crippen LogP contribution in [0.2, 0.25) is 0 Å². The van der Waals surface area contributed by atoms with E-state index in [0.29, 0.717) is 38.4 Å². The van der Waals surface area contributed by atoms with Gasteiger partial charge in [-0.25, -0.2) is 4.98 Å². The average molecular weight is 404 g/mol. The standard InChI is InChI=1S/C19H25N5O3S/c1-13-20-14(12-28-13)10-18(25)24-5-3-2-4-17(24)15-11-16(22-21-15)19(26)23-6-8-27-9-7-23/h11-12,17H,2-10H2,1H3,(H,21,22)/t17-/m0/s1. The lowest BCUT2D eigenvalue weighted by Crippen LogP contribution is -2.41. The van der Waals surface area contributed by atoms with E-state index in [0.717, 1.165) is 42.2 Å². The molecule has 150 valence electrons. The first-order valence-corrected chi connectivity index (χ1v) is 10.6. The van der Waals surface area contributed by atoms with Gasteiger partial charge in [-0.3, -0.25) is 14.7 Å². The Bertz CT molecular complexity index is 842. The number of morpholine rings is 1. The molecule has 4 rings (SSSR count). The molecule has 28 heavy (non-hydrogen) atoms. The molecule has 2 fully saturated rings. The monoisotopic (exact) mass is 403 g/mol. The number of H-pyrrole nitrogens is 1. The van der Waals surface area contributed by atoms with E-state index in [1.165, 1.54) is 0 Å². The fourth-order valence-electron chi connectivity index (χ4n) is 3.84. The fourth-order valence-corrected chi connectivity index (χ4v) is 4.46. The SMILES string of the molecule is Cc1nc(CC(=O)N2CCCC[C@H]2c2cc(C(=O)N3CCOCC3)n[nH]2)cs1. The van der Waals surface area contributed by atoms with E-state index in [-0.39, 0.29) is 17.9 Å². The van der Waals surface area contributed by atoms with Crippen LogP contribution in [0.4, 0.5) is 0 Å². The summed E-state index contributed by atoms with van der Waals surface area (Å²) in [4.78, 5) is 33.7. The number of hydrogen-bond donors (Lipinski definition) is 1. The zero-order valence-corrected chi connectivity index (χ0v) is 16.8. The van der Waals surface area contributed by atoms with Crippen molar-refractivity contribution >= 4 is 23.2 Å². The quantitative estimate of drug-likeness (QED) is 0.842. The molecule has 9 heteroatoms.